The van der Waals surface area contributed by atoms with E-state index in [4.69, 9.17) is 38.2 Å². The molecule has 2 aromatic rings. The van der Waals surface area contributed by atoms with Crippen LogP contribution in [0, 0.1) is 6.92 Å². The van der Waals surface area contributed by atoms with Crippen molar-refractivity contribution in [3.05, 3.63) is 38.9 Å². The van der Waals surface area contributed by atoms with E-state index in [1.54, 1.807) is 12.1 Å². The minimum Gasteiger partial charge on any atom is -0.477 e. The van der Waals surface area contributed by atoms with Crippen molar-refractivity contribution in [1.82, 2.24) is 14.6 Å². The summed E-state index contributed by atoms with van der Waals surface area (Å²) in [6.45, 7) is 3.80. The zero-order chi connectivity index (χ0) is 25.1. The summed E-state index contributed by atoms with van der Waals surface area (Å²) in [6.07, 6.45) is 1.42. The molecular weight excluding hydrogens is 507 g/mol. The number of carbonyl (C=O) groups is 2. The van der Waals surface area contributed by atoms with Gasteiger partial charge in [0.25, 0.3) is 0 Å². The number of benzene rings is 1. The molecule has 1 aromatic carbocycles. The van der Waals surface area contributed by atoms with Crippen molar-refractivity contribution in [3.63, 3.8) is 0 Å². The van der Waals surface area contributed by atoms with Gasteiger partial charge in [-0.25, -0.2) is 9.59 Å². The summed E-state index contributed by atoms with van der Waals surface area (Å²) in [5, 5.41) is 33.5. The number of aromatic carboxylic acids is 1. The van der Waals surface area contributed by atoms with Crippen LogP contribution in [0.1, 0.15) is 34.3 Å². The number of unbranched alkanes of at least 4 members (excludes halogenated alkanes) is 1. The summed E-state index contributed by atoms with van der Waals surface area (Å²) >= 11 is 13.2. The van der Waals surface area contributed by atoms with Crippen molar-refractivity contribution in [3.8, 4) is 5.88 Å². The number of aryl methyl sites for hydroxylation is 1. The van der Waals surface area contributed by atoms with E-state index in [1.165, 1.54) is 0 Å². The number of rotatable bonds is 14. The van der Waals surface area contributed by atoms with Crippen LogP contribution in [0.3, 0.4) is 0 Å². The molecule has 10 nitrogen and oxygen atoms in total. The van der Waals surface area contributed by atoms with Gasteiger partial charge in [0.2, 0.25) is 5.88 Å². The maximum absolute atomic E-state index is 12.2. The van der Waals surface area contributed by atoms with Crippen molar-refractivity contribution in [2.75, 3.05) is 44.7 Å². The fourth-order valence-corrected chi connectivity index (χ4v) is 4.19. The number of aliphatic hydroxyl groups excluding tert-OH is 2. The largest absolute Gasteiger partial charge is 0.477 e. The van der Waals surface area contributed by atoms with E-state index in [2.05, 4.69) is 15.0 Å². The van der Waals surface area contributed by atoms with Crippen LogP contribution in [0.4, 0.5) is 9.80 Å². The lowest BCUT2D eigenvalue weighted by molar-refractivity contribution is 0.0693. The van der Waals surface area contributed by atoms with Gasteiger partial charge in [0.1, 0.15) is 11.6 Å². The van der Waals surface area contributed by atoms with E-state index in [0.717, 1.165) is 23.5 Å². The quantitative estimate of drug-likeness (QED) is 0.232. The molecule has 0 unspecified atom stereocenters. The Hall–Kier alpha value is -2.15. The number of halogens is 2. The van der Waals surface area contributed by atoms with Crippen LogP contribution < -0.4 is 15.4 Å². The average Bonchev–Trinajstić information content (AvgIpc) is 3.19. The van der Waals surface area contributed by atoms with Gasteiger partial charge < -0.3 is 25.4 Å². The number of urea groups is 1. The van der Waals surface area contributed by atoms with Crippen molar-refractivity contribution < 1.29 is 29.6 Å². The molecule has 13 heteroatoms. The molecule has 5 N–H and O–H groups in total. The number of hydrogen-bond acceptors (Lipinski definition) is 8. The summed E-state index contributed by atoms with van der Waals surface area (Å²) in [5.41, 5.74) is 1.13. The second-order valence-electron chi connectivity index (χ2n) is 7.33. The molecule has 0 saturated carbocycles. The van der Waals surface area contributed by atoms with Crippen LogP contribution in [-0.2, 0) is 6.61 Å². The molecule has 0 radical (unpaired) electrons. The Kier molecular flexibility index (Phi) is 11.8. The Morgan fingerprint density at radius 3 is 2.47 bits per heavy atom. The van der Waals surface area contributed by atoms with E-state index < -0.39 is 12.0 Å². The first-order valence-corrected chi connectivity index (χ1v) is 12.1. The van der Waals surface area contributed by atoms with Crippen LogP contribution in [0.25, 0.3) is 0 Å². The number of carboxylic acids is 1. The smallest absolute Gasteiger partial charge is 0.344 e. The number of carbonyl (C=O) groups excluding carboxylic acids is 1. The number of ether oxygens (including phenoxy) is 1. The average molecular weight is 535 g/mol. The summed E-state index contributed by atoms with van der Waals surface area (Å²) in [6, 6.07) is 2.95. The van der Waals surface area contributed by atoms with Gasteiger partial charge in [0, 0.05) is 25.2 Å². The summed E-state index contributed by atoms with van der Waals surface area (Å²) < 4.78 is 9.57. The number of carboxylic acid groups (broad SMARTS) is 1. The maximum atomic E-state index is 12.2. The number of hydrogen-bond donors (Lipinski definition) is 5. The van der Waals surface area contributed by atoms with Gasteiger partial charge in [0.15, 0.2) is 5.56 Å². The van der Waals surface area contributed by atoms with E-state index in [0.29, 0.717) is 48.2 Å². The molecule has 0 spiro atoms. The third-order valence-corrected chi connectivity index (χ3v) is 6.60. The molecule has 0 saturated heterocycles. The highest BCUT2D eigenvalue weighted by molar-refractivity contribution is 7.11. The van der Waals surface area contributed by atoms with Crippen molar-refractivity contribution >= 4 is 51.7 Å². The Bertz CT molecular complexity index is 969. The van der Waals surface area contributed by atoms with Gasteiger partial charge >= 0.3 is 12.0 Å². The van der Waals surface area contributed by atoms with Crippen LogP contribution in [0.15, 0.2) is 12.1 Å². The second kappa shape index (κ2) is 14.3. The molecule has 0 atom stereocenters. The van der Waals surface area contributed by atoms with E-state index in [-0.39, 0.29) is 36.3 Å². The predicted octanol–water partition coefficient (Wildman–Crippen LogP) is 3.22. The van der Waals surface area contributed by atoms with E-state index in [1.807, 2.05) is 11.8 Å². The SMILES string of the molecule is Cc1ccc(COc2nsc(NC(=O)NCCCCN(CCO)CCO)c2C(=O)O)c(Cl)c1Cl. The molecule has 2 amide bonds. The Morgan fingerprint density at radius 1 is 1.12 bits per heavy atom. The van der Waals surface area contributed by atoms with Crippen molar-refractivity contribution in [2.24, 2.45) is 0 Å². The molecule has 2 rings (SSSR count). The molecule has 1 heterocycles. The molecule has 0 aliphatic rings. The fraction of sp³-hybridized carbons (Fsp3) is 0.476. The molecule has 0 bridgehead atoms. The zero-order valence-electron chi connectivity index (χ0n) is 18.6. The summed E-state index contributed by atoms with van der Waals surface area (Å²) in [5.74, 6) is -1.42. The number of nitrogens with zero attached hydrogens (tertiary/aromatic N) is 2. The van der Waals surface area contributed by atoms with Crippen molar-refractivity contribution in [1.29, 1.82) is 0 Å². The molecule has 0 fully saturated rings. The monoisotopic (exact) mass is 534 g/mol. The molecule has 0 aliphatic heterocycles. The Labute approximate surface area is 211 Å². The third-order valence-electron chi connectivity index (χ3n) is 4.84. The van der Waals surface area contributed by atoms with Crippen molar-refractivity contribution in [2.45, 2.75) is 26.4 Å². The predicted molar refractivity (Wildman–Crippen MR) is 131 cm³/mol. The van der Waals surface area contributed by atoms with E-state index >= 15 is 0 Å². The molecule has 1 aromatic heterocycles. The van der Waals surface area contributed by atoms with Gasteiger partial charge in [-0.2, -0.15) is 4.37 Å². The van der Waals surface area contributed by atoms with Crippen LogP contribution >= 0.6 is 34.7 Å². The van der Waals surface area contributed by atoms with E-state index in [9.17, 15) is 14.7 Å². The van der Waals surface area contributed by atoms with Gasteiger partial charge in [0.05, 0.1) is 23.3 Å². The lowest BCUT2D eigenvalue weighted by atomic mass is 10.1. The molecule has 34 heavy (non-hydrogen) atoms. The first-order chi connectivity index (χ1) is 16.3. The Morgan fingerprint density at radius 2 is 1.82 bits per heavy atom. The summed E-state index contributed by atoms with van der Waals surface area (Å²) in [4.78, 5) is 25.9. The minimum absolute atomic E-state index is 0.0128. The molecule has 0 aliphatic carbocycles. The van der Waals surface area contributed by atoms with Crippen LogP contribution in [-0.4, -0.2) is 76.0 Å². The first kappa shape index (κ1) is 28.1. The highest BCUT2D eigenvalue weighted by atomic mass is 35.5. The van der Waals surface area contributed by atoms with Crippen LogP contribution in [0.5, 0.6) is 5.88 Å². The fourth-order valence-electron chi connectivity index (χ4n) is 3.02. The zero-order valence-corrected chi connectivity index (χ0v) is 21.0. The normalized spacial score (nSPS) is 11.0. The lowest BCUT2D eigenvalue weighted by Crippen LogP contribution is -2.32. The number of nitrogens with one attached hydrogen (secondary N) is 2. The van der Waals surface area contributed by atoms with Crippen LogP contribution in [0.2, 0.25) is 10.0 Å². The van der Waals surface area contributed by atoms with Gasteiger partial charge in [-0.1, -0.05) is 35.3 Å². The molecular formula is C21H28Cl2N4O6S. The highest BCUT2D eigenvalue weighted by Gasteiger charge is 2.24. The first-order valence-electron chi connectivity index (χ1n) is 10.6. The summed E-state index contributed by atoms with van der Waals surface area (Å²) in [7, 11) is 0. The second-order valence-corrected chi connectivity index (χ2v) is 8.86. The Balaban J connectivity index is 1.88. The maximum Gasteiger partial charge on any atom is 0.344 e. The minimum atomic E-state index is -1.29. The lowest BCUT2D eigenvalue weighted by Gasteiger charge is -2.19. The van der Waals surface area contributed by atoms with Gasteiger partial charge in [-0.15, -0.1) is 0 Å². The number of anilines is 1. The third kappa shape index (κ3) is 8.26. The number of aromatic nitrogens is 1. The number of aliphatic hydroxyl groups is 2. The standard InChI is InChI=1S/C21H28Cl2N4O6S/c1-13-4-5-14(17(23)16(13)22)12-33-18-15(20(30)31)19(34-26-18)25-21(32)24-6-2-3-7-27(8-10-28)9-11-29/h4-5,28-29H,2-3,6-12H2,1H3,(H,30,31)(H2,24,25,32). The topological polar surface area (TPSA) is 144 Å². The van der Waals surface area contributed by atoms with Gasteiger partial charge in [-0.05, 0) is 43.4 Å². The molecule has 188 valence electrons. The highest BCUT2D eigenvalue weighted by Crippen LogP contribution is 2.33. The van der Waals surface area contributed by atoms with Gasteiger partial charge in [-0.3, -0.25) is 10.2 Å². The number of amides is 2.